The molecule has 2 saturated heterocycles. The van der Waals surface area contributed by atoms with E-state index in [0.717, 1.165) is 49.4 Å². The molecule has 2 heterocycles. The van der Waals surface area contributed by atoms with Crippen molar-refractivity contribution in [3.05, 3.63) is 28.7 Å². The van der Waals surface area contributed by atoms with Gasteiger partial charge in [-0.25, -0.2) is 0 Å². The number of benzene rings is 1. The Kier molecular flexibility index (Phi) is 7.70. The zero-order valence-corrected chi connectivity index (χ0v) is 17.2. The van der Waals surface area contributed by atoms with E-state index >= 15 is 0 Å². The SMILES string of the molecule is CC1(CN2CCN(CC(=O)Nc3ccc(Br)cc3)CC2)CCNC1.Cl. The monoisotopic (exact) mass is 430 g/mol. The van der Waals surface area contributed by atoms with Gasteiger partial charge in [-0.3, -0.25) is 9.69 Å². The molecule has 0 bridgehead atoms. The van der Waals surface area contributed by atoms with Crippen LogP contribution in [0.3, 0.4) is 0 Å². The minimum atomic E-state index is 0. The van der Waals surface area contributed by atoms with Crippen LogP contribution in [0.25, 0.3) is 0 Å². The highest BCUT2D eigenvalue weighted by atomic mass is 79.9. The second-order valence-electron chi connectivity index (χ2n) is 7.34. The molecule has 1 aromatic rings. The van der Waals surface area contributed by atoms with Gasteiger partial charge < -0.3 is 15.5 Å². The molecule has 2 aliphatic heterocycles. The maximum atomic E-state index is 12.2. The van der Waals surface area contributed by atoms with Gasteiger partial charge in [0.1, 0.15) is 0 Å². The van der Waals surface area contributed by atoms with Crippen LogP contribution < -0.4 is 10.6 Å². The molecule has 2 aliphatic rings. The maximum Gasteiger partial charge on any atom is 0.238 e. The minimum absolute atomic E-state index is 0. The standard InChI is InChI=1S/C18H27BrN4O.ClH/c1-18(6-7-20-13-18)14-23-10-8-22(9-11-23)12-17(24)21-16-4-2-15(19)3-5-16;/h2-5,20H,6-14H2,1H3,(H,21,24);1H. The fraction of sp³-hybridized carbons (Fsp3) is 0.611. The van der Waals surface area contributed by atoms with Crippen LogP contribution in [-0.4, -0.2) is 68.1 Å². The molecule has 1 unspecified atom stereocenters. The fourth-order valence-corrected chi connectivity index (χ4v) is 3.85. The Labute approximate surface area is 165 Å². The van der Waals surface area contributed by atoms with E-state index in [1.54, 1.807) is 0 Å². The third-order valence-electron chi connectivity index (χ3n) is 5.02. The van der Waals surface area contributed by atoms with Crippen LogP contribution in [0.5, 0.6) is 0 Å². The normalized spacial score (nSPS) is 24.7. The Morgan fingerprint density at radius 3 is 2.44 bits per heavy atom. The van der Waals surface area contributed by atoms with Gasteiger partial charge in [0.25, 0.3) is 0 Å². The van der Waals surface area contributed by atoms with E-state index < -0.39 is 0 Å². The summed E-state index contributed by atoms with van der Waals surface area (Å²) in [7, 11) is 0. The number of nitrogens with one attached hydrogen (secondary N) is 2. The molecule has 25 heavy (non-hydrogen) atoms. The number of amides is 1. The topological polar surface area (TPSA) is 47.6 Å². The molecule has 0 saturated carbocycles. The lowest BCUT2D eigenvalue weighted by molar-refractivity contribution is -0.117. The molecular weight excluding hydrogens is 404 g/mol. The van der Waals surface area contributed by atoms with E-state index in [1.807, 2.05) is 24.3 Å². The summed E-state index contributed by atoms with van der Waals surface area (Å²) in [4.78, 5) is 17.0. The Bertz CT molecular complexity index is 555. The second-order valence-corrected chi connectivity index (χ2v) is 8.26. The molecule has 5 nitrogen and oxygen atoms in total. The molecular formula is C18H28BrClN4O. The van der Waals surface area contributed by atoms with Gasteiger partial charge in [0.2, 0.25) is 5.91 Å². The number of nitrogens with zero attached hydrogens (tertiary/aromatic N) is 2. The number of hydrogen-bond acceptors (Lipinski definition) is 4. The van der Waals surface area contributed by atoms with Gasteiger partial charge >= 0.3 is 0 Å². The molecule has 1 amide bonds. The maximum absolute atomic E-state index is 12.2. The van der Waals surface area contributed by atoms with Crippen molar-refractivity contribution in [2.45, 2.75) is 13.3 Å². The lowest BCUT2D eigenvalue weighted by Crippen LogP contribution is -2.51. The number of hydrogen-bond donors (Lipinski definition) is 2. The van der Waals surface area contributed by atoms with Gasteiger partial charge in [0.05, 0.1) is 6.54 Å². The Morgan fingerprint density at radius 1 is 1.20 bits per heavy atom. The predicted molar refractivity (Wildman–Crippen MR) is 108 cm³/mol. The van der Waals surface area contributed by atoms with Crippen molar-refractivity contribution in [1.29, 1.82) is 0 Å². The molecule has 1 atom stereocenters. The van der Waals surface area contributed by atoms with Crippen molar-refractivity contribution < 1.29 is 4.79 Å². The summed E-state index contributed by atoms with van der Waals surface area (Å²) in [5, 5.41) is 6.44. The Morgan fingerprint density at radius 2 is 1.84 bits per heavy atom. The molecule has 0 spiro atoms. The van der Waals surface area contributed by atoms with Gasteiger partial charge in [-0.15, -0.1) is 12.4 Å². The summed E-state index contributed by atoms with van der Waals surface area (Å²) >= 11 is 3.40. The highest BCUT2D eigenvalue weighted by Crippen LogP contribution is 2.26. The molecule has 0 radical (unpaired) electrons. The number of piperazine rings is 1. The van der Waals surface area contributed by atoms with Gasteiger partial charge in [-0.1, -0.05) is 22.9 Å². The first-order chi connectivity index (χ1) is 11.5. The summed E-state index contributed by atoms with van der Waals surface area (Å²) in [6.45, 7) is 10.3. The van der Waals surface area contributed by atoms with Crippen LogP contribution in [0.15, 0.2) is 28.7 Å². The predicted octanol–water partition coefficient (Wildman–Crippen LogP) is 2.43. The van der Waals surface area contributed by atoms with E-state index in [2.05, 4.69) is 43.3 Å². The van der Waals surface area contributed by atoms with Crippen molar-refractivity contribution >= 4 is 39.9 Å². The molecule has 0 aliphatic carbocycles. The summed E-state index contributed by atoms with van der Waals surface area (Å²) in [5.74, 6) is 0.0673. The quantitative estimate of drug-likeness (QED) is 0.752. The van der Waals surface area contributed by atoms with E-state index in [4.69, 9.17) is 0 Å². The molecule has 140 valence electrons. The zero-order valence-electron chi connectivity index (χ0n) is 14.8. The third kappa shape index (κ3) is 6.22. The number of anilines is 1. The average Bonchev–Trinajstić information content (AvgIpc) is 2.98. The first-order valence-corrected chi connectivity index (χ1v) is 9.53. The number of carbonyl (C=O) groups is 1. The Hall–Kier alpha value is -0.660. The number of rotatable bonds is 5. The molecule has 0 aromatic heterocycles. The number of carbonyl (C=O) groups excluding carboxylic acids is 1. The summed E-state index contributed by atoms with van der Waals surface area (Å²) in [5.41, 5.74) is 1.27. The summed E-state index contributed by atoms with van der Waals surface area (Å²) in [6, 6.07) is 7.70. The molecule has 1 aromatic carbocycles. The van der Waals surface area contributed by atoms with Crippen LogP contribution in [-0.2, 0) is 4.79 Å². The van der Waals surface area contributed by atoms with Crippen LogP contribution in [0.1, 0.15) is 13.3 Å². The van der Waals surface area contributed by atoms with Crippen LogP contribution in [0.4, 0.5) is 5.69 Å². The van der Waals surface area contributed by atoms with Crippen LogP contribution in [0, 0.1) is 5.41 Å². The highest BCUT2D eigenvalue weighted by Gasteiger charge is 2.31. The lowest BCUT2D eigenvalue weighted by atomic mass is 9.89. The van der Waals surface area contributed by atoms with Crippen LogP contribution in [0.2, 0.25) is 0 Å². The minimum Gasteiger partial charge on any atom is -0.325 e. The lowest BCUT2D eigenvalue weighted by Gasteiger charge is -2.38. The smallest absolute Gasteiger partial charge is 0.238 e. The highest BCUT2D eigenvalue weighted by molar-refractivity contribution is 9.10. The third-order valence-corrected chi connectivity index (χ3v) is 5.55. The van der Waals surface area contributed by atoms with Crippen molar-refractivity contribution in [1.82, 2.24) is 15.1 Å². The van der Waals surface area contributed by atoms with Crippen molar-refractivity contribution in [2.75, 3.05) is 57.7 Å². The average molecular weight is 432 g/mol. The van der Waals surface area contributed by atoms with Gasteiger partial charge in [-0.05, 0) is 42.6 Å². The van der Waals surface area contributed by atoms with E-state index in [9.17, 15) is 4.79 Å². The summed E-state index contributed by atoms with van der Waals surface area (Å²) < 4.78 is 1.02. The zero-order chi connectivity index (χ0) is 17.0. The van der Waals surface area contributed by atoms with Crippen molar-refractivity contribution in [3.8, 4) is 0 Å². The molecule has 2 fully saturated rings. The Balaban J connectivity index is 0.00000225. The first-order valence-electron chi connectivity index (χ1n) is 8.73. The van der Waals surface area contributed by atoms with Gasteiger partial charge in [0.15, 0.2) is 0 Å². The van der Waals surface area contributed by atoms with Gasteiger partial charge in [-0.2, -0.15) is 0 Å². The van der Waals surface area contributed by atoms with E-state index in [0.29, 0.717) is 12.0 Å². The number of halogens is 2. The molecule has 3 rings (SSSR count). The van der Waals surface area contributed by atoms with E-state index in [1.165, 1.54) is 13.0 Å². The first kappa shape index (κ1) is 20.6. The second kappa shape index (κ2) is 9.33. The fourth-order valence-electron chi connectivity index (χ4n) is 3.59. The largest absolute Gasteiger partial charge is 0.325 e. The van der Waals surface area contributed by atoms with E-state index in [-0.39, 0.29) is 18.3 Å². The molecule has 7 heteroatoms. The van der Waals surface area contributed by atoms with Gasteiger partial charge in [0, 0.05) is 49.4 Å². The summed E-state index contributed by atoms with van der Waals surface area (Å²) in [6.07, 6.45) is 1.27. The molecule has 2 N–H and O–H groups in total. The van der Waals surface area contributed by atoms with Crippen molar-refractivity contribution in [3.63, 3.8) is 0 Å². The van der Waals surface area contributed by atoms with Crippen molar-refractivity contribution in [2.24, 2.45) is 5.41 Å². The van der Waals surface area contributed by atoms with Crippen LogP contribution >= 0.6 is 28.3 Å².